The fourth-order valence-corrected chi connectivity index (χ4v) is 6.87. The first-order chi connectivity index (χ1) is 33.5. The Labute approximate surface area is 417 Å². The summed E-state index contributed by atoms with van der Waals surface area (Å²) in [7, 11) is 0. The van der Waals surface area contributed by atoms with Gasteiger partial charge in [0.05, 0.1) is 0 Å². The lowest BCUT2D eigenvalue weighted by molar-refractivity contribution is -0.166. The molecule has 0 radical (unpaired) electrons. The van der Waals surface area contributed by atoms with Crippen LogP contribution in [0.5, 0.6) is 0 Å². The second-order valence-electron chi connectivity index (χ2n) is 17.4. The lowest BCUT2D eigenvalue weighted by Crippen LogP contribution is -2.30. The summed E-state index contributed by atoms with van der Waals surface area (Å²) in [5.41, 5.74) is 0. The van der Waals surface area contributed by atoms with Gasteiger partial charge in [-0.2, -0.15) is 0 Å². The highest BCUT2D eigenvalue weighted by atomic mass is 16.6. The molecule has 0 aromatic heterocycles. The van der Waals surface area contributed by atoms with Gasteiger partial charge in [0, 0.05) is 19.3 Å². The first kappa shape index (κ1) is 63.5. The first-order valence-electron chi connectivity index (χ1n) is 27.2. The molecule has 0 aliphatic heterocycles. The van der Waals surface area contributed by atoms with Crippen LogP contribution in [0.1, 0.15) is 220 Å². The Bertz CT molecular complexity index is 1500. The zero-order chi connectivity index (χ0) is 49.3. The van der Waals surface area contributed by atoms with E-state index in [1.165, 1.54) is 44.9 Å². The zero-order valence-corrected chi connectivity index (χ0v) is 43.6. The van der Waals surface area contributed by atoms with Gasteiger partial charge < -0.3 is 14.2 Å². The summed E-state index contributed by atoms with van der Waals surface area (Å²) in [6, 6.07) is 0. The van der Waals surface area contributed by atoms with Gasteiger partial charge in [0.2, 0.25) is 0 Å². The number of ether oxygens (including phenoxy) is 3. The monoisotopic (exact) mass is 939 g/mol. The Morgan fingerprint density at radius 2 is 0.603 bits per heavy atom. The topological polar surface area (TPSA) is 78.9 Å². The molecule has 0 fully saturated rings. The van der Waals surface area contributed by atoms with Crippen molar-refractivity contribution in [2.24, 2.45) is 0 Å². The molecule has 382 valence electrons. The van der Waals surface area contributed by atoms with Crippen LogP contribution < -0.4 is 0 Å². The molecule has 0 saturated heterocycles. The normalized spacial score (nSPS) is 13.2. The molecule has 0 rings (SSSR count). The van der Waals surface area contributed by atoms with Crippen LogP contribution in [0.25, 0.3) is 0 Å². The van der Waals surface area contributed by atoms with Crippen LogP contribution in [-0.2, 0) is 28.6 Å². The van der Waals surface area contributed by atoms with Crippen LogP contribution in [0, 0.1) is 0 Å². The Hall–Kier alpha value is -4.45. The van der Waals surface area contributed by atoms with Crippen LogP contribution in [-0.4, -0.2) is 37.2 Å². The number of carbonyl (C=O) groups excluding carboxylic acids is 3. The lowest BCUT2D eigenvalue weighted by atomic mass is 10.1. The molecular formula is C62H98O6. The van der Waals surface area contributed by atoms with Crippen molar-refractivity contribution in [3.8, 4) is 0 Å². The summed E-state index contributed by atoms with van der Waals surface area (Å²) < 4.78 is 16.7. The molecule has 0 bridgehead atoms. The maximum absolute atomic E-state index is 12.8. The van der Waals surface area contributed by atoms with E-state index in [9.17, 15) is 14.4 Å². The van der Waals surface area contributed by atoms with E-state index in [2.05, 4.69) is 142 Å². The fraction of sp³-hybridized carbons (Fsp3) is 0.597. The Balaban J connectivity index is 4.47. The van der Waals surface area contributed by atoms with E-state index >= 15 is 0 Å². The molecular weight excluding hydrogens is 841 g/mol. The summed E-state index contributed by atoms with van der Waals surface area (Å²) >= 11 is 0. The summed E-state index contributed by atoms with van der Waals surface area (Å²) in [4.78, 5) is 38.0. The predicted octanol–water partition coefficient (Wildman–Crippen LogP) is 18.3. The van der Waals surface area contributed by atoms with Crippen molar-refractivity contribution in [3.05, 3.63) is 134 Å². The molecule has 0 amide bonds. The Morgan fingerprint density at radius 3 is 0.971 bits per heavy atom. The molecule has 0 aromatic carbocycles. The van der Waals surface area contributed by atoms with Gasteiger partial charge in [-0.15, -0.1) is 0 Å². The molecule has 0 saturated carbocycles. The third-order valence-electron chi connectivity index (χ3n) is 10.9. The molecule has 1 atom stereocenters. The SMILES string of the molecule is CC/C=C\C/C=C\C/C=C\C/C=C\C/C=C\C/C=C\CCC(=O)OC(COC(=O)CCCCCCC/C=C\CCC)COC(=O)CCCCCCCCCC/C=C\C/C=C\C/C=C\C/C=C\CC. The molecule has 6 nitrogen and oxygen atoms in total. The number of unbranched alkanes of at least 4 members (excludes halogenated alkanes) is 14. The highest BCUT2D eigenvalue weighted by Crippen LogP contribution is 2.13. The van der Waals surface area contributed by atoms with Crippen molar-refractivity contribution in [1.29, 1.82) is 0 Å². The van der Waals surface area contributed by atoms with Gasteiger partial charge in [-0.1, -0.05) is 219 Å². The van der Waals surface area contributed by atoms with Gasteiger partial charge in [-0.25, -0.2) is 0 Å². The van der Waals surface area contributed by atoms with Crippen LogP contribution in [0.3, 0.4) is 0 Å². The van der Waals surface area contributed by atoms with E-state index in [1.807, 2.05) is 12.2 Å². The van der Waals surface area contributed by atoms with Crippen molar-refractivity contribution >= 4 is 17.9 Å². The zero-order valence-electron chi connectivity index (χ0n) is 43.6. The third-order valence-corrected chi connectivity index (χ3v) is 10.9. The number of hydrogen-bond acceptors (Lipinski definition) is 6. The van der Waals surface area contributed by atoms with Crippen LogP contribution in [0.15, 0.2) is 134 Å². The minimum absolute atomic E-state index is 0.120. The van der Waals surface area contributed by atoms with Crippen LogP contribution in [0.2, 0.25) is 0 Å². The van der Waals surface area contributed by atoms with Gasteiger partial charge >= 0.3 is 17.9 Å². The van der Waals surface area contributed by atoms with Crippen LogP contribution in [0.4, 0.5) is 0 Å². The average Bonchev–Trinajstić information content (AvgIpc) is 3.34. The quantitative estimate of drug-likeness (QED) is 0.0262. The number of hydrogen-bond donors (Lipinski definition) is 0. The van der Waals surface area contributed by atoms with Crippen molar-refractivity contribution in [2.75, 3.05) is 13.2 Å². The minimum Gasteiger partial charge on any atom is -0.462 e. The van der Waals surface area contributed by atoms with E-state index < -0.39 is 12.1 Å². The summed E-state index contributed by atoms with van der Waals surface area (Å²) in [6.45, 7) is 6.26. The molecule has 0 N–H and O–H groups in total. The third kappa shape index (κ3) is 52.5. The Morgan fingerprint density at radius 1 is 0.309 bits per heavy atom. The van der Waals surface area contributed by atoms with Gasteiger partial charge in [-0.3, -0.25) is 14.4 Å². The second kappa shape index (κ2) is 55.1. The summed E-state index contributed by atoms with van der Waals surface area (Å²) in [5, 5.41) is 0. The minimum atomic E-state index is -0.829. The number of esters is 3. The van der Waals surface area contributed by atoms with Gasteiger partial charge in [0.1, 0.15) is 13.2 Å². The number of rotatable bonds is 47. The van der Waals surface area contributed by atoms with Crippen molar-refractivity contribution in [1.82, 2.24) is 0 Å². The average molecular weight is 939 g/mol. The van der Waals surface area contributed by atoms with Gasteiger partial charge in [-0.05, 0) is 116 Å². The van der Waals surface area contributed by atoms with Crippen LogP contribution >= 0.6 is 0 Å². The molecule has 0 aromatic rings. The Kier molecular flexibility index (Phi) is 51.5. The molecule has 0 aliphatic rings. The largest absolute Gasteiger partial charge is 0.462 e. The van der Waals surface area contributed by atoms with Gasteiger partial charge in [0.25, 0.3) is 0 Å². The maximum atomic E-state index is 12.8. The van der Waals surface area contributed by atoms with E-state index in [0.29, 0.717) is 19.3 Å². The standard InChI is InChI=1S/C62H98O6/c1-4-7-10-13-16-19-22-24-26-28-30-31-33-34-36-38-40-43-46-49-52-55-61(64)67-58-59(57-66-60(63)54-51-48-45-42-21-18-15-12-9-6-3)68-62(65)56-53-50-47-44-41-39-37-35-32-29-27-25-23-20-17-14-11-8-5-2/h7-8,10-12,15-17,19-20,24-27,30-32,35,39,41,47,50,59H,4-6,9,13-14,18,21-23,28-29,33-34,36-38,40,42-46,48-49,51-58H2,1-3H3/b10-7-,11-8-,15-12-,19-16-,20-17-,26-24-,27-25-,31-30-,35-32-,41-39-,50-47-. The predicted molar refractivity (Wildman–Crippen MR) is 292 cm³/mol. The van der Waals surface area contributed by atoms with E-state index in [4.69, 9.17) is 14.2 Å². The molecule has 6 heteroatoms. The van der Waals surface area contributed by atoms with E-state index in [1.54, 1.807) is 0 Å². The van der Waals surface area contributed by atoms with Gasteiger partial charge in [0.15, 0.2) is 6.10 Å². The lowest BCUT2D eigenvalue weighted by Gasteiger charge is -2.18. The molecule has 0 heterocycles. The second-order valence-corrected chi connectivity index (χ2v) is 17.4. The highest BCUT2D eigenvalue weighted by Gasteiger charge is 2.19. The first-order valence-corrected chi connectivity index (χ1v) is 27.2. The van der Waals surface area contributed by atoms with Crippen molar-refractivity contribution in [3.63, 3.8) is 0 Å². The highest BCUT2D eigenvalue weighted by molar-refractivity contribution is 5.71. The number of allylic oxidation sites excluding steroid dienone is 22. The maximum Gasteiger partial charge on any atom is 0.306 e. The van der Waals surface area contributed by atoms with E-state index in [-0.39, 0.29) is 31.6 Å². The van der Waals surface area contributed by atoms with Crippen molar-refractivity contribution < 1.29 is 28.6 Å². The smallest absolute Gasteiger partial charge is 0.306 e. The van der Waals surface area contributed by atoms with E-state index in [0.717, 1.165) is 128 Å². The van der Waals surface area contributed by atoms with Crippen molar-refractivity contribution in [2.45, 2.75) is 226 Å². The number of carbonyl (C=O) groups is 3. The fourth-order valence-electron chi connectivity index (χ4n) is 6.87. The molecule has 0 spiro atoms. The summed E-state index contributed by atoms with van der Waals surface area (Å²) in [5.74, 6) is -1.03. The summed E-state index contributed by atoms with van der Waals surface area (Å²) in [6.07, 6.45) is 77.4. The molecule has 0 aliphatic carbocycles. The molecule has 1 unspecified atom stereocenters. The molecule has 68 heavy (non-hydrogen) atoms.